The van der Waals surface area contributed by atoms with Crippen LogP contribution in [0.1, 0.15) is 33.3 Å². The smallest absolute Gasteiger partial charge is 0.252 e. The van der Waals surface area contributed by atoms with Gasteiger partial charge < -0.3 is 13.9 Å². The number of rotatable bonds is 6. The predicted molar refractivity (Wildman–Crippen MR) is 105 cm³/mol. The van der Waals surface area contributed by atoms with E-state index in [-0.39, 0.29) is 23.8 Å². The van der Waals surface area contributed by atoms with Crippen LogP contribution in [0.25, 0.3) is 0 Å². The highest BCUT2D eigenvalue weighted by atomic mass is 28.4. The van der Waals surface area contributed by atoms with Gasteiger partial charge in [0.1, 0.15) is 0 Å². The Kier molecular flexibility index (Phi) is 6.00. The van der Waals surface area contributed by atoms with Gasteiger partial charge in [0.25, 0.3) is 5.78 Å². The maximum atomic E-state index is 13.0. The molecule has 2 rings (SSSR count). The zero-order valence-corrected chi connectivity index (χ0v) is 17.7. The summed E-state index contributed by atoms with van der Waals surface area (Å²) >= 11 is 0. The molecule has 5 heteroatoms. The van der Waals surface area contributed by atoms with E-state index in [4.69, 9.17) is 13.9 Å². The van der Waals surface area contributed by atoms with E-state index in [1.54, 1.807) is 0 Å². The fourth-order valence-electron chi connectivity index (χ4n) is 2.55. The topological polar surface area (TPSA) is 44.8 Å². The molecule has 0 bridgehead atoms. The third kappa shape index (κ3) is 4.57. The average Bonchev–Trinajstić information content (AvgIpc) is 2.54. The molecule has 1 aliphatic rings. The van der Waals surface area contributed by atoms with Crippen molar-refractivity contribution in [2.75, 3.05) is 0 Å². The number of carbonyl (C=O) groups is 1. The zero-order chi connectivity index (χ0) is 19.5. The van der Waals surface area contributed by atoms with E-state index in [9.17, 15) is 4.79 Å². The zero-order valence-electron chi connectivity index (χ0n) is 16.7. The summed E-state index contributed by atoms with van der Waals surface area (Å²) in [6.45, 7) is 13.7. The Morgan fingerprint density at radius 3 is 2.04 bits per heavy atom. The minimum Gasteiger partial charge on any atom is -0.487 e. The summed E-state index contributed by atoms with van der Waals surface area (Å²) in [5.74, 6) is 6.51. The van der Waals surface area contributed by atoms with Crippen LogP contribution in [0.15, 0.2) is 41.9 Å². The lowest BCUT2D eigenvalue weighted by atomic mass is 9.83. The highest BCUT2D eigenvalue weighted by Gasteiger charge is 2.60. The standard InChI is InChI=1S/C21H28O4Si/c1-15(2)23-18-19(22)21(25-26(5,6)7,20(18)24-16(3)4)14-13-17-11-9-8-10-12-17/h8-12,15-16H,1-7H3. The minimum absolute atomic E-state index is 0.119. The average molecular weight is 373 g/mol. The van der Waals surface area contributed by atoms with Gasteiger partial charge >= 0.3 is 0 Å². The van der Waals surface area contributed by atoms with Crippen LogP contribution in [0.2, 0.25) is 19.6 Å². The lowest BCUT2D eigenvalue weighted by Crippen LogP contribution is -2.58. The molecule has 0 aliphatic heterocycles. The van der Waals surface area contributed by atoms with Gasteiger partial charge in [0, 0.05) is 5.56 Å². The summed E-state index contributed by atoms with van der Waals surface area (Å²) in [4.78, 5) is 13.0. The maximum absolute atomic E-state index is 13.0. The number of ether oxygens (including phenoxy) is 2. The predicted octanol–water partition coefficient (Wildman–Crippen LogP) is 4.27. The maximum Gasteiger partial charge on any atom is 0.252 e. The summed E-state index contributed by atoms with van der Waals surface area (Å²) < 4.78 is 17.9. The molecule has 0 saturated carbocycles. The number of hydrogen-bond acceptors (Lipinski definition) is 4. The largest absolute Gasteiger partial charge is 0.487 e. The lowest BCUT2D eigenvalue weighted by molar-refractivity contribution is -0.141. The molecule has 0 amide bonds. The van der Waals surface area contributed by atoms with Crippen molar-refractivity contribution >= 4 is 14.1 Å². The monoisotopic (exact) mass is 372 g/mol. The summed E-state index contributed by atoms with van der Waals surface area (Å²) in [6, 6.07) is 9.55. The highest BCUT2D eigenvalue weighted by Crippen LogP contribution is 2.42. The molecule has 26 heavy (non-hydrogen) atoms. The van der Waals surface area contributed by atoms with Crippen molar-refractivity contribution in [3.05, 3.63) is 47.4 Å². The molecule has 1 aromatic rings. The second-order valence-corrected chi connectivity index (χ2v) is 12.3. The van der Waals surface area contributed by atoms with Crippen LogP contribution in [0.5, 0.6) is 0 Å². The first-order valence-electron chi connectivity index (χ1n) is 8.96. The van der Waals surface area contributed by atoms with Gasteiger partial charge in [0.15, 0.2) is 14.1 Å². The Morgan fingerprint density at radius 2 is 1.54 bits per heavy atom. The fourth-order valence-corrected chi connectivity index (χ4v) is 3.71. The third-order valence-corrected chi connectivity index (χ3v) is 4.29. The molecule has 0 N–H and O–H groups in total. The molecule has 1 aliphatic carbocycles. The van der Waals surface area contributed by atoms with Crippen molar-refractivity contribution < 1.29 is 18.7 Å². The molecule has 0 aromatic heterocycles. The van der Waals surface area contributed by atoms with Crippen molar-refractivity contribution in [1.82, 2.24) is 0 Å². The first-order valence-corrected chi connectivity index (χ1v) is 12.4. The van der Waals surface area contributed by atoms with Crippen LogP contribution in [0, 0.1) is 11.8 Å². The third-order valence-electron chi connectivity index (χ3n) is 3.38. The van der Waals surface area contributed by atoms with Gasteiger partial charge in [-0.3, -0.25) is 4.79 Å². The molecule has 0 saturated heterocycles. The Labute approximate surface area is 157 Å². The molecular weight excluding hydrogens is 344 g/mol. The number of ketones is 1. The summed E-state index contributed by atoms with van der Waals surface area (Å²) in [5, 5.41) is 0. The van der Waals surface area contributed by atoms with E-state index < -0.39 is 13.9 Å². The van der Waals surface area contributed by atoms with E-state index in [1.807, 2.05) is 77.7 Å². The van der Waals surface area contributed by atoms with Crippen molar-refractivity contribution in [2.45, 2.75) is 65.1 Å². The Bertz CT molecular complexity index is 748. The molecule has 1 atom stereocenters. The number of benzene rings is 1. The molecule has 0 spiro atoms. The second kappa shape index (κ2) is 7.69. The molecule has 0 radical (unpaired) electrons. The Balaban J connectivity index is 2.54. The van der Waals surface area contributed by atoms with E-state index in [0.29, 0.717) is 5.76 Å². The first kappa shape index (κ1) is 20.3. The molecule has 1 aromatic carbocycles. The highest BCUT2D eigenvalue weighted by molar-refractivity contribution is 6.70. The van der Waals surface area contributed by atoms with Crippen LogP contribution in [-0.4, -0.2) is 31.9 Å². The van der Waals surface area contributed by atoms with Crippen molar-refractivity contribution in [2.24, 2.45) is 0 Å². The molecular formula is C21H28O4Si. The van der Waals surface area contributed by atoms with Crippen molar-refractivity contribution in [3.63, 3.8) is 0 Å². The summed E-state index contributed by atoms with van der Waals surface area (Å²) in [5.41, 5.74) is -0.560. The van der Waals surface area contributed by atoms with Crippen LogP contribution >= 0.6 is 0 Å². The second-order valence-electron chi connectivity index (χ2n) is 7.83. The first-order chi connectivity index (χ1) is 12.0. The molecule has 4 nitrogen and oxygen atoms in total. The number of hydrogen-bond donors (Lipinski definition) is 0. The van der Waals surface area contributed by atoms with Gasteiger partial charge in [0.05, 0.1) is 12.2 Å². The van der Waals surface area contributed by atoms with Gasteiger partial charge in [-0.25, -0.2) is 0 Å². The normalized spacial score (nSPS) is 20.0. The quantitative estimate of drug-likeness (QED) is 0.552. The van der Waals surface area contributed by atoms with Gasteiger partial charge in [-0.1, -0.05) is 24.1 Å². The fraction of sp³-hybridized carbons (Fsp3) is 0.476. The SMILES string of the molecule is CC(C)OC1=C(OC(C)C)C(C#Cc2ccccc2)(O[Si](C)(C)C)C1=O. The minimum atomic E-state index is -2.10. The van der Waals surface area contributed by atoms with E-state index in [1.165, 1.54) is 0 Å². The molecule has 1 unspecified atom stereocenters. The van der Waals surface area contributed by atoms with E-state index in [2.05, 4.69) is 11.8 Å². The summed E-state index contributed by atoms with van der Waals surface area (Å²) in [7, 11) is -2.10. The van der Waals surface area contributed by atoms with Gasteiger partial charge in [-0.2, -0.15) is 0 Å². The van der Waals surface area contributed by atoms with E-state index in [0.717, 1.165) is 5.56 Å². The Morgan fingerprint density at radius 1 is 0.962 bits per heavy atom. The summed E-state index contributed by atoms with van der Waals surface area (Å²) in [6.07, 6.45) is -0.251. The van der Waals surface area contributed by atoms with Crippen LogP contribution in [0.4, 0.5) is 0 Å². The van der Waals surface area contributed by atoms with Crippen LogP contribution < -0.4 is 0 Å². The van der Waals surface area contributed by atoms with Gasteiger partial charge in [-0.05, 0) is 65.4 Å². The lowest BCUT2D eigenvalue weighted by Gasteiger charge is -2.42. The van der Waals surface area contributed by atoms with E-state index >= 15 is 0 Å². The molecule has 0 heterocycles. The number of carbonyl (C=O) groups excluding carboxylic acids is 1. The van der Waals surface area contributed by atoms with Gasteiger partial charge in [0.2, 0.25) is 11.4 Å². The molecule has 0 fully saturated rings. The van der Waals surface area contributed by atoms with Crippen LogP contribution in [-0.2, 0) is 18.7 Å². The van der Waals surface area contributed by atoms with Crippen molar-refractivity contribution in [1.29, 1.82) is 0 Å². The number of Topliss-reactive ketones (excluding diaryl/α,β-unsaturated/α-hetero) is 1. The molecule has 140 valence electrons. The van der Waals surface area contributed by atoms with Crippen molar-refractivity contribution in [3.8, 4) is 11.8 Å². The van der Waals surface area contributed by atoms with Gasteiger partial charge in [-0.15, -0.1) is 0 Å². The Hall–Kier alpha value is -2.03. The van der Waals surface area contributed by atoms with Crippen LogP contribution in [0.3, 0.4) is 0 Å².